The number of nitrogens with one attached hydrogen (secondary N) is 1. The standard InChI is InChI=1S/C18H27N3O2S2/c1-14-6-5-7-15(2)21(14)18(24)19-16-8-10-17(11-9-16)25(22,23)20-12-3-4-13-20/h8-11,14-15H,3-7,12-13H2,1-2H3,(H,19,24). The lowest BCUT2D eigenvalue weighted by molar-refractivity contribution is 0.194. The van der Waals surface area contributed by atoms with Gasteiger partial charge in [0.15, 0.2) is 5.11 Å². The minimum Gasteiger partial charge on any atom is -0.344 e. The Morgan fingerprint density at radius 1 is 1.04 bits per heavy atom. The number of thiocarbonyl (C=S) groups is 1. The van der Waals surface area contributed by atoms with Crippen LogP contribution in [0.2, 0.25) is 0 Å². The largest absolute Gasteiger partial charge is 0.344 e. The summed E-state index contributed by atoms with van der Waals surface area (Å²) in [6.45, 7) is 5.65. The Morgan fingerprint density at radius 2 is 1.60 bits per heavy atom. The molecule has 1 aromatic carbocycles. The van der Waals surface area contributed by atoms with Gasteiger partial charge in [0.25, 0.3) is 0 Å². The van der Waals surface area contributed by atoms with Crippen molar-refractivity contribution in [3.05, 3.63) is 24.3 Å². The van der Waals surface area contributed by atoms with E-state index < -0.39 is 10.0 Å². The zero-order chi connectivity index (χ0) is 18.0. The molecule has 1 N–H and O–H groups in total. The Kier molecular flexibility index (Phi) is 5.65. The van der Waals surface area contributed by atoms with Gasteiger partial charge in [0.1, 0.15) is 0 Å². The summed E-state index contributed by atoms with van der Waals surface area (Å²) >= 11 is 5.59. The van der Waals surface area contributed by atoms with Crippen LogP contribution >= 0.6 is 12.2 Å². The van der Waals surface area contributed by atoms with Crippen LogP contribution in [-0.2, 0) is 10.0 Å². The number of likely N-dealkylation sites (tertiary alicyclic amines) is 1. The van der Waals surface area contributed by atoms with Crippen molar-refractivity contribution < 1.29 is 8.42 Å². The molecule has 25 heavy (non-hydrogen) atoms. The lowest BCUT2D eigenvalue weighted by atomic mass is 9.98. The third kappa shape index (κ3) is 3.99. The highest BCUT2D eigenvalue weighted by molar-refractivity contribution is 7.89. The molecule has 3 rings (SSSR count). The molecule has 7 heteroatoms. The monoisotopic (exact) mass is 381 g/mol. The van der Waals surface area contributed by atoms with Gasteiger partial charge in [-0.15, -0.1) is 0 Å². The summed E-state index contributed by atoms with van der Waals surface area (Å²) in [6, 6.07) is 7.80. The van der Waals surface area contributed by atoms with E-state index in [1.807, 2.05) is 0 Å². The Labute approximate surface area is 156 Å². The molecular formula is C18H27N3O2S2. The van der Waals surface area contributed by atoms with Crippen LogP contribution in [0.5, 0.6) is 0 Å². The highest BCUT2D eigenvalue weighted by atomic mass is 32.2. The topological polar surface area (TPSA) is 52.7 Å². The van der Waals surface area contributed by atoms with Gasteiger partial charge in [0.05, 0.1) is 4.90 Å². The highest BCUT2D eigenvalue weighted by Crippen LogP contribution is 2.25. The molecule has 138 valence electrons. The van der Waals surface area contributed by atoms with Crippen LogP contribution in [0.15, 0.2) is 29.2 Å². The van der Waals surface area contributed by atoms with Crippen molar-refractivity contribution in [2.24, 2.45) is 0 Å². The Balaban J connectivity index is 1.69. The van der Waals surface area contributed by atoms with E-state index in [9.17, 15) is 8.42 Å². The normalized spacial score (nSPS) is 25.1. The van der Waals surface area contributed by atoms with Crippen LogP contribution in [0.4, 0.5) is 5.69 Å². The molecule has 2 aliphatic heterocycles. The first-order valence-corrected chi connectivity index (χ1v) is 10.9. The van der Waals surface area contributed by atoms with Gasteiger partial charge >= 0.3 is 0 Å². The minimum absolute atomic E-state index is 0.352. The third-order valence-electron chi connectivity index (χ3n) is 5.24. The average molecular weight is 382 g/mol. The lowest BCUT2D eigenvalue weighted by Crippen LogP contribution is -2.49. The van der Waals surface area contributed by atoms with Gasteiger partial charge in [-0.1, -0.05) is 0 Å². The van der Waals surface area contributed by atoms with Gasteiger partial charge in [-0.05, 0) is 82.4 Å². The molecule has 0 bridgehead atoms. The highest BCUT2D eigenvalue weighted by Gasteiger charge is 2.28. The van der Waals surface area contributed by atoms with Gasteiger partial charge in [-0.2, -0.15) is 4.31 Å². The molecule has 0 amide bonds. The molecule has 1 aromatic rings. The smallest absolute Gasteiger partial charge is 0.243 e. The number of hydrogen-bond acceptors (Lipinski definition) is 3. The van der Waals surface area contributed by atoms with Crippen molar-refractivity contribution in [3.8, 4) is 0 Å². The fourth-order valence-corrected chi connectivity index (χ4v) is 5.79. The van der Waals surface area contributed by atoms with Crippen molar-refractivity contribution in [2.75, 3.05) is 18.4 Å². The molecule has 0 radical (unpaired) electrons. The van der Waals surface area contributed by atoms with Gasteiger partial charge in [-0.3, -0.25) is 0 Å². The summed E-state index contributed by atoms with van der Waals surface area (Å²) in [7, 11) is -3.36. The van der Waals surface area contributed by atoms with E-state index in [1.165, 1.54) is 6.42 Å². The number of sulfonamides is 1. The molecule has 2 saturated heterocycles. The number of hydrogen-bond donors (Lipinski definition) is 1. The SMILES string of the molecule is CC1CCCC(C)N1C(=S)Nc1ccc(S(=O)(=O)N2CCCC2)cc1. The van der Waals surface area contributed by atoms with E-state index in [0.29, 0.717) is 30.1 Å². The number of benzene rings is 1. The summed E-state index contributed by atoms with van der Waals surface area (Å²) in [4.78, 5) is 2.61. The number of anilines is 1. The predicted octanol–water partition coefficient (Wildman–Crippen LogP) is 3.43. The fraction of sp³-hybridized carbons (Fsp3) is 0.611. The summed E-state index contributed by atoms with van der Waals surface area (Å²) < 4.78 is 26.7. The number of piperidine rings is 1. The van der Waals surface area contributed by atoms with Crippen molar-refractivity contribution in [1.29, 1.82) is 0 Å². The third-order valence-corrected chi connectivity index (χ3v) is 7.46. The molecule has 2 heterocycles. The minimum atomic E-state index is -3.36. The van der Waals surface area contributed by atoms with Crippen LogP contribution in [0.25, 0.3) is 0 Å². The quantitative estimate of drug-likeness (QED) is 0.813. The summed E-state index contributed by atoms with van der Waals surface area (Å²) in [5.41, 5.74) is 0.829. The molecular weight excluding hydrogens is 354 g/mol. The molecule has 2 aliphatic rings. The van der Waals surface area contributed by atoms with Gasteiger partial charge in [0, 0.05) is 30.9 Å². The van der Waals surface area contributed by atoms with E-state index >= 15 is 0 Å². The molecule has 0 aromatic heterocycles. The van der Waals surface area contributed by atoms with Crippen molar-refractivity contribution >= 4 is 33.0 Å². The number of nitrogens with zero attached hydrogens (tertiary/aromatic N) is 2. The Hall–Kier alpha value is -1.18. The predicted molar refractivity (Wildman–Crippen MR) is 105 cm³/mol. The zero-order valence-corrected chi connectivity index (χ0v) is 16.6. The average Bonchev–Trinajstić information content (AvgIpc) is 3.10. The molecule has 0 aliphatic carbocycles. The number of rotatable bonds is 3. The van der Waals surface area contributed by atoms with E-state index in [1.54, 1.807) is 28.6 Å². The maximum Gasteiger partial charge on any atom is 0.243 e. The second kappa shape index (κ2) is 7.60. The van der Waals surface area contributed by atoms with E-state index in [-0.39, 0.29) is 0 Å². The van der Waals surface area contributed by atoms with Crippen LogP contribution in [-0.4, -0.2) is 47.9 Å². The molecule has 0 saturated carbocycles. The molecule has 2 unspecified atom stereocenters. The second-order valence-corrected chi connectivity index (χ2v) is 9.43. The van der Waals surface area contributed by atoms with E-state index in [2.05, 4.69) is 24.1 Å². The zero-order valence-electron chi connectivity index (χ0n) is 14.9. The van der Waals surface area contributed by atoms with Crippen LogP contribution < -0.4 is 5.32 Å². The van der Waals surface area contributed by atoms with E-state index in [0.717, 1.165) is 36.5 Å². The van der Waals surface area contributed by atoms with Crippen molar-refractivity contribution in [3.63, 3.8) is 0 Å². The van der Waals surface area contributed by atoms with Crippen LogP contribution in [0.3, 0.4) is 0 Å². The summed E-state index contributed by atoms with van der Waals surface area (Å²) in [5.74, 6) is 0. The maximum atomic E-state index is 12.6. The fourth-order valence-electron chi connectivity index (χ4n) is 3.80. The summed E-state index contributed by atoms with van der Waals surface area (Å²) in [6.07, 6.45) is 5.43. The van der Waals surface area contributed by atoms with Gasteiger partial charge in [0.2, 0.25) is 10.0 Å². The Bertz CT molecular complexity index is 702. The Morgan fingerprint density at radius 3 is 2.16 bits per heavy atom. The van der Waals surface area contributed by atoms with Crippen LogP contribution in [0, 0.1) is 0 Å². The van der Waals surface area contributed by atoms with Gasteiger partial charge < -0.3 is 10.2 Å². The maximum absolute atomic E-state index is 12.6. The van der Waals surface area contributed by atoms with Crippen LogP contribution in [0.1, 0.15) is 46.0 Å². The molecule has 2 atom stereocenters. The molecule has 5 nitrogen and oxygen atoms in total. The first-order valence-electron chi connectivity index (χ1n) is 9.09. The second-order valence-electron chi connectivity index (χ2n) is 7.10. The lowest BCUT2D eigenvalue weighted by Gasteiger charge is -2.40. The van der Waals surface area contributed by atoms with E-state index in [4.69, 9.17) is 12.2 Å². The van der Waals surface area contributed by atoms with Crippen molar-refractivity contribution in [1.82, 2.24) is 9.21 Å². The first-order chi connectivity index (χ1) is 11.9. The summed E-state index contributed by atoms with van der Waals surface area (Å²) in [5, 5.41) is 3.99. The molecule has 0 spiro atoms. The van der Waals surface area contributed by atoms with Gasteiger partial charge in [-0.25, -0.2) is 8.42 Å². The first kappa shape index (κ1) is 18.6. The molecule has 2 fully saturated rings. The van der Waals surface area contributed by atoms with Crippen molar-refractivity contribution in [2.45, 2.75) is 62.9 Å².